The molecule has 0 saturated heterocycles. The van der Waals surface area contributed by atoms with Gasteiger partial charge in [0.25, 0.3) is 0 Å². The van der Waals surface area contributed by atoms with Crippen molar-refractivity contribution in [1.82, 2.24) is 5.32 Å². The van der Waals surface area contributed by atoms with Crippen molar-refractivity contribution in [3.63, 3.8) is 0 Å². The van der Waals surface area contributed by atoms with Crippen molar-refractivity contribution in [2.45, 2.75) is 6.17 Å². The summed E-state index contributed by atoms with van der Waals surface area (Å²) in [6, 6.07) is 17.2. The molecular weight excluding hydrogens is 264 g/mol. The zero-order chi connectivity index (χ0) is 14.7. The van der Waals surface area contributed by atoms with Gasteiger partial charge in [0.2, 0.25) is 0 Å². The predicted octanol–water partition coefficient (Wildman–Crippen LogP) is 2.50. The van der Waals surface area contributed by atoms with Crippen molar-refractivity contribution in [1.29, 1.82) is 0 Å². The van der Waals surface area contributed by atoms with Crippen molar-refractivity contribution in [3.8, 4) is 5.75 Å². The molecule has 1 atom stereocenters. The van der Waals surface area contributed by atoms with Crippen molar-refractivity contribution >= 4 is 11.7 Å². The number of hydrogen-bond acceptors (Lipinski definition) is 4. The summed E-state index contributed by atoms with van der Waals surface area (Å²) < 4.78 is 5.14. The lowest BCUT2D eigenvalue weighted by Gasteiger charge is -2.07. The van der Waals surface area contributed by atoms with Gasteiger partial charge in [-0.2, -0.15) is 0 Å². The predicted molar refractivity (Wildman–Crippen MR) is 81.1 cm³/mol. The smallest absolute Gasteiger partial charge is 0.152 e. The fourth-order valence-electron chi connectivity index (χ4n) is 2.27. The van der Waals surface area contributed by atoms with E-state index in [0.29, 0.717) is 11.4 Å². The van der Waals surface area contributed by atoms with E-state index in [1.807, 2.05) is 60.5 Å². The molecule has 1 aliphatic heterocycles. The molecule has 1 heterocycles. The molecule has 0 saturated carbocycles. The summed E-state index contributed by atoms with van der Waals surface area (Å²) in [6.45, 7) is 0. The van der Waals surface area contributed by atoms with Crippen LogP contribution in [0.4, 0.5) is 0 Å². The average molecular weight is 278 g/mol. The van der Waals surface area contributed by atoms with E-state index in [0.717, 1.165) is 16.9 Å². The summed E-state index contributed by atoms with van der Waals surface area (Å²) in [4.78, 5) is 15.8. The molecule has 4 heteroatoms. The number of carbonyl (C=O) groups excluding carboxylic acids is 1. The number of methoxy groups -OCH3 is 1. The fourth-order valence-corrected chi connectivity index (χ4v) is 2.27. The molecule has 2 aromatic carbocycles. The van der Waals surface area contributed by atoms with E-state index in [2.05, 4.69) is 10.3 Å². The van der Waals surface area contributed by atoms with Gasteiger partial charge >= 0.3 is 0 Å². The summed E-state index contributed by atoms with van der Waals surface area (Å²) in [6.07, 6.45) is -0.250. The summed E-state index contributed by atoms with van der Waals surface area (Å²) in [7, 11) is 1.62. The van der Waals surface area contributed by atoms with Gasteiger partial charge in [0.1, 0.15) is 23.3 Å². The van der Waals surface area contributed by atoms with Crippen LogP contribution in [0.2, 0.25) is 0 Å². The van der Waals surface area contributed by atoms with Crippen LogP contribution in [-0.2, 0) is 4.79 Å². The first-order chi connectivity index (χ1) is 10.3. The molecular formula is C17H14N2O2. The van der Waals surface area contributed by atoms with Crippen LogP contribution < -0.4 is 10.1 Å². The van der Waals surface area contributed by atoms with Crippen LogP contribution in [0.1, 0.15) is 17.3 Å². The number of nitrogens with one attached hydrogen (secondary N) is 1. The Bertz CT molecular complexity index is 714. The lowest BCUT2D eigenvalue weighted by Crippen LogP contribution is -2.16. The largest absolute Gasteiger partial charge is 0.497 e. The van der Waals surface area contributed by atoms with E-state index < -0.39 is 0 Å². The minimum absolute atomic E-state index is 0.250. The topological polar surface area (TPSA) is 50.7 Å². The molecule has 0 amide bonds. The Kier molecular flexibility index (Phi) is 3.54. The van der Waals surface area contributed by atoms with Gasteiger partial charge in [-0.25, -0.2) is 4.79 Å². The molecule has 0 spiro atoms. The summed E-state index contributed by atoms with van der Waals surface area (Å²) in [5.74, 6) is 2.70. The highest BCUT2D eigenvalue weighted by Crippen LogP contribution is 2.25. The van der Waals surface area contributed by atoms with Gasteiger partial charge in [-0.15, -0.1) is 0 Å². The monoisotopic (exact) mass is 278 g/mol. The van der Waals surface area contributed by atoms with Gasteiger partial charge < -0.3 is 10.1 Å². The number of benzene rings is 2. The fraction of sp³-hybridized carbons (Fsp3) is 0.118. The van der Waals surface area contributed by atoms with Crippen molar-refractivity contribution in [2.24, 2.45) is 4.99 Å². The highest BCUT2D eigenvalue weighted by molar-refractivity contribution is 6.17. The number of allylic oxidation sites excluding steroid dienone is 1. The highest BCUT2D eigenvalue weighted by Gasteiger charge is 2.24. The van der Waals surface area contributed by atoms with Crippen molar-refractivity contribution in [3.05, 3.63) is 71.4 Å². The maximum Gasteiger partial charge on any atom is 0.152 e. The molecule has 0 radical (unpaired) electrons. The summed E-state index contributed by atoms with van der Waals surface area (Å²) in [5, 5.41) is 3.09. The number of ether oxygens (including phenoxy) is 1. The molecule has 21 heavy (non-hydrogen) atoms. The van der Waals surface area contributed by atoms with E-state index in [1.165, 1.54) is 0 Å². The van der Waals surface area contributed by atoms with Crippen LogP contribution in [0.5, 0.6) is 5.75 Å². The second-order valence-corrected chi connectivity index (χ2v) is 4.64. The van der Waals surface area contributed by atoms with E-state index in [4.69, 9.17) is 4.74 Å². The van der Waals surface area contributed by atoms with Gasteiger partial charge in [0, 0.05) is 5.56 Å². The number of hydrogen-bond donors (Lipinski definition) is 1. The molecule has 3 rings (SSSR count). The third-order valence-electron chi connectivity index (χ3n) is 3.36. The van der Waals surface area contributed by atoms with E-state index in [1.54, 1.807) is 7.11 Å². The second-order valence-electron chi connectivity index (χ2n) is 4.64. The average Bonchev–Trinajstić information content (AvgIpc) is 3.00. The van der Waals surface area contributed by atoms with Gasteiger partial charge in [0.15, 0.2) is 5.94 Å². The molecule has 1 aliphatic rings. The number of nitrogens with zero attached hydrogens (tertiary/aromatic N) is 1. The molecule has 1 N–H and O–H groups in total. The van der Waals surface area contributed by atoms with Crippen LogP contribution >= 0.6 is 0 Å². The van der Waals surface area contributed by atoms with Crippen LogP contribution in [0.15, 0.2) is 65.3 Å². The second kappa shape index (κ2) is 5.65. The summed E-state index contributed by atoms with van der Waals surface area (Å²) >= 11 is 0. The zero-order valence-electron chi connectivity index (χ0n) is 11.5. The SMILES string of the molecule is COc1ccc(C2=NC(c3ccccc3)NC2=C=O)cc1. The quantitative estimate of drug-likeness (QED) is 0.878. The maximum absolute atomic E-state index is 11.2. The van der Waals surface area contributed by atoms with Crippen LogP contribution in [0.25, 0.3) is 0 Å². The van der Waals surface area contributed by atoms with E-state index >= 15 is 0 Å². The third-order valence-corrected chi connectivity index (χ3v) is 3.36. The number of rotatable bonds is 3. The lowest BCUT2D eigenvalue weighted by molar-refractivity contribution is 0.415. The Balaban J connectivity index is 1.97. The Morgan fingerprint density at radius 2 is 1.81 bits per heavy atom. The van der Waals surface area contributed by atoms with E-state index in [-0.39, 0.29) is 6.17 Å². The van der Waals surface area contributed by atoms with Gasteiger partial charge in [-0.1, -0.05) is 30.3 Å². The number of aliphatic imine (C=N–C) groups is 1. The van der Waals surface area contributed by atoms with Crippen molar-refractivity contribution < 1.29 is 9.53 Å². The molecule has 0 aliphatic carbocycles. The summed E-state index contributed by atoms with van der Waals surface area (Å²) in [5.41, 5.74) is 2.88. The Labute approximate surface area is 122 Å². The Morgan fingerprint density at radius 3 is 2.43 bits per heavy atom. The molecule has 2 aromatic rings. The van der Waals surface area contributed by atoms with Gasteiger partial charge in [-0.05, 0) is 29.8 Å². The first kappa shape index (κ1) is 13.2. The molecule has 0 bridgehead atoms. The van der Waals surface area contributed by atoms with E-state index in [9.17, 15) is 4.79 Å². The Morgan fingerprint density at radius 1 is 1.10 bits per heavy atom. The van der Waals surface area contributed by atoms with Crippen LogP contribution in [0, 0.1) is 0 Å². The minimum atomic E-state index is -0.250. The molecule has 4 nitrogen and oxygen atoms in total. The first-order valence-electron chi connectivity index (χ1n) is 6.61. The lowest BCUT2D eigenvalue weighted by atomic mass is 10.1. The zero-order valence-corrected chi connectivity index (χ0v) is 11.5. The highest BCUT2D eigenvalue weighted by atomic mass is 16.5. The minimum Gasteiger partial charge on any atom is -0.497 e. The molecule has 0 fully saturated rings. The maximum atomic E-state index is 11.2. The third kappa shape index (κ3) is 2.57. The van der Waals surface area contributed by atoms with Crippen molar-refractivity contribution in [2.75, 3.05) is 7.11 Å². The van der Waals surface area contributed by atoms with Crippen LogP contribution in [-0.4, -0.2) is 18.8 Å². The molecule has 1 unspecified atom stereocenters. The first-order valence-corrected chi connectivity index (χ1v) is 6.61. The molecule has 104 valence electrons. The van der Waals surface area contributed by atoms with Gasteiger partial charge in [-0.3, -0.25) is 4.99 Å². The Hall–Kier alpha value is -2.84. The standard InChI is InChI=1S/C17H14N2O2/c1-21-14-9-7-12(8-10-14)16-15(11-20)18-17(19-16)13-5-3-2-4-6-13/h2-10,17-18H,1H3. The van der Waals surface area contributed by atoms with Gasteiger partial charge in [0.05, 0.1) is 7.11 Å². The normalized spacial score (nSPS) is 16.9. The molecule has 0 aromatic heterocycles. The van der Waals surface area contributed by atoms with Crippen LogP contribution in [0.3, 0.4) is 0 Å².